The van der Waals surface area contributed by atoms with Crippen molar-refractivity contribution < 1.29 is 31.5 Å². The summed E-state index contributed by atoms with van der Waals surface area (Å²) in [6, 6.07) is 4.08. The van der Waals surface area contributed by atoms with Gasteiger partial charge < -0.3 is 9.67 Å². The molecule has 0 bridgehead atoms. The molecule has 0 aliphatic rings. The molecule has 0 saturated heterocycles. The highest BCUT2D eigenvalue weighted by Crippen LogP contribution is 2.36. The van der Waals surface area contributed by atoms with E-state index < -0.39 is 39.2 Å². The van der Waals surface area contributed by atoms with Crippen molar-refractivity contribution in [1.82, 2.24) is 8.87 Å². The maximum absolute atomic E-state index is 13.3. The van der Waals surface area contributed by atoms with Crippen LogP contribution in [0.1, 0.15) is 18.1 Å². The Morgan fingerprint density at radius 2 is 1.93 bits per heavy atom. The molecule has 11 heteroatoms. The number of carboxylic acid groups (broad SMARTS) is 1. The van der Waals surface area contributed by atoms with Crippen LogP contribution < -0.4 is 0 Å². The van der Waals surface area contributed by atoms with Crippen LogP contribution in [0.5, 0.6) is 0 Å². The summed E-state index contributed by atoms with van der Waals surface area (Å²) in [7, 11) is -2.95. The van der Waals surface area contributed by atoms with Gasteiger partial charge in [-0.05, 0) is 23.8 Å². The normalized spacial score (nSPS) is 12.2. The maximum Gasteiger partial charge on any atom is 0.416 e. The Morgan fingerprint density at radius 1 is 1.29 bits per heavy atom. The Bertz CT molecular complexity index is 1050. The van der Waals surface area contributed by atoms with E-state index >= 15 is 0 Å². The number of carboxylic acids is 1. The molecule has 0 amide bonds. The minimum Gasteiger partial charge on any atom is -0.480 e. The van der Waals surface area contributed by atoms with Gasteiger partial charge in [0, 0.05) is 31.5 Å². The second-order valence-corrected chi connectivity index (χ2v) is 7.97. The molecule has 0 aliphatic carbocycles. The van der Waals surface area contributed by atoms with Crippen LogP contribution in [0.2, 0.25) is 0 Å². The standard InChI is InChI=1S/C17H16F3N3O4S/c1-3-22(2)28(26,27)14-5-11(4-13(6-14)17(18,19)20)15-9-23(10-16(24)25)8-12(15)7-21/h4-6,8-9H,3,10H2,1-2H3,(H,24,25). The molecule has 1 N–H and O–H groups in total. The lowest BCUT2D eigenvalue weighted by Crippen LogP contribution is -2.27. The zero-order valence-electron chi connectivity index (χ0n) is 14.9. The third-order valence-electron chi connectivity index (χ3n) is 4.02. The average molecular weight is 415 g/mol. The summed E-state index contributed by atoms with van der Waals surface area (Å²) < 4.78 is 67.1. The number of hydrogen-bond donors (Lipinski definition) is 1. The highest BCUT2D eigenvalue weighted by molar-refractivity contribution is 7.89. The van der Waals surface area contributed by atoms with Crippen molar-refractivity contribution in [2.75, 3.05) is 13.6 Å². The smallest absolute Gasteiger partial charge is 0.416 e. The number of carbonyl (C=O) groups is 1. The van der Waals surface area contributed by atoms with Gasteiger partial charge in [-0.1, -0.05) is 6.92 Å². The van der Waals surface area contributed by atoms with Gasteiger partial charge in [0.1, 0.15) is 12.6 Å². The fraction of sp³-hybridized carbons (Fsp3) is 0.294. The molecule has 7 nitrogen and oxygen atoms in total. The van der Waals surface area contributed by atoms with Crippen LogP contribution in [0.25, 0.3) is 11.1 Å². The molecule has 1 heterocycles. The van der Waals surface area contributed by atoms with Crippen LogP contribution in [0, 0.1) is 11.3 Å². The van der Waals surface area contributed by atoms with E-state index in [9.17, 15) is 31.6 Å². The third-order valence-corrected chi connectivity index (χ3v) is 5.93. The monoisotopic (exact) mass is 415 g/mol. The molecule has 0 fully saturated rings. The number of aliphatic carboxylic acids is 1. The van der Waals surface area contributed by atoms with Crippen molar-refractivity contribution >= 4 is 16.0 Å². The molecule has 2 rings (SSSR count). The lowest BCUT2D eigenvalue weighted by Gasteiger charge is -2.17. The summed E-state index contributed by atoms with van der Waals surface area (Å²) >= 11 is 0. The van der Waals surface area contributed by atoms with Gasteiger partial charge in [-0.15, -0.1) is 0 Å². The van der Waals surface area contributed by atoms with E-state index in [0.29, 0.717) is 6.07 Å². The summed E-state index contributed by atoms with van der Waals surface area (Å²) in [5.74, 6) is -1.21. The summed E-state index contributed by atoms with van der Waals surface area (Å²) in [5, 5.41) is 18.1. The van der Waals surface area contributed by atoms with E-state index in [2.05, 4.69) is 0 Å². The van der Waals surface area contributed by atoms with Crippen molar-refractivity contribution in [1.29, 1.82) is 5.26 Å². The molecular weight excluding hydrogens is 399 g/mol. The van der Waals surface area contributed by atoms with Gasteiger partial charge in [0.2, 0.25) is 10.0 Å². The molecule has 1 aromatic heterocycles. The number of benzene rings is 1. The van der Waals surface area contributed by atoms with E-state index in [1.54, 1.807) is 6.07 Å². The molecule has 0 unspecified atom stereocenters. The maximum atomic E-state index is 13.3. The molecule has 28 heavy (non-hydrogen) atoms. The van der Waals surface area contributed by atoms with Gasteiger partial charge in [-0.25, -0.2) is 12.7 Å². The van der Waals surface area contributed by atoms with Gasteiger partial charge in [0.25, 0.3) is 0 Å². The molecule has 0 atom stereocenters. The predicted octanol–water partition coefficient (Wildman–Crippen LogP) is 2.77. The highest BCUT2D eigenvalue weighted by atomic mass is 32.2. The first-order chi connectivity index (χ1) is 12.9. The van der Waals surface area contributed by atoms with E-state index in [4.69, 9.17) is 5.11 Å². The van der Waals surface area contributed by atoms with E-state index in [1.807, 2.05) is 0 Å². The Kier molecular flexibility index (Phi) is 5.86. The second-order valence-electron chi connectivity index (χ2n) is 5.93. The molecule has 150 valence electrons. The van der Waals surface area contributed by atoms with E-state index in [0.717, 1.165) is 21.0 Å². The number of sulfonamides is 1. The Morgan fingerprint density at radius 3 is 2.43 bits per heavy atom. The number of halogens is 3. The first kappa shape index (κ1) is 21.5. The molecule has 2 aromatic rings. The summed E-state index contributed by atoms with van der Waals surface area (Å²) in [6.45, 7) is 1.08. The van der Waals surface area contributed by atoms with Crippen molar-refractivity contribution in [3.05, 3.63) is 41.7 Å². The molecule has 0 saturated carbocycles. The minimum atomic E-state index is -4.82. The fourth-order valence-corrected chi connectivity index (χ4v) is 3.74. The Balaban J connectivity index is 2.75. The average Bonchev–Trinajstić information content (AvgIpc) is 3.01. The quantitative estimate of drug-likeness (QED) is 0.781. The van der Waals surface area contributed by atoms with Gasteiger partial charge in [-0.3, -0.25) is 4.79 Å². The van der Waals surface area contributed by atoms with Crippen LogP contribution in [0.3, 0.4) is 0 Å². The molecule has 0 radical (unpaired) electrons. The Hall–Kier alpha value is -2.84. The molecule has 1 aromatic carbocycles. The van der Waals surface area contributed by atoms with Gasteiger partial charge in [0.15, 0.2) is 0 Å². The van der Waals surface area contributed by atoms with Gasteiger partial charge in [-0.2, -0.15) is 18.4 Å². The molecule has 0 spiro atoms. The lowest BCUT2D eigenvalue weighted by atomic mass is 10.0. The van der Waals surface area contributed by atoms with E-state index in [1.165, 1.54) is 26.4 Å². The van der Waals surface area contributed by atoms with Crippen LogP contribution in [-0.2, 0) is 27.5 Å². The number of hydrogen-bond acceptors (Lipinski definition) is 4. The fourth-order valence-electron chi connectivity index (χ4n) is 2.49. The zero-order valence-corrected chi connectivity index (χ0v) is 15.7. The van der Waals surface area contributed by atoms with Crippen LogP contribution >= 0.6 is 0 Å². The van der Waals surface area contributed by atoms with Gasteiger partial charge >= 0.3 is 12.1 Å². The highest BCUT2D eigenvalue weighted by Gasteiger charge is 2.33. The largest absolute Gasteiger partial charge is 0.480 e. The van der Waals surface area contributed by atoms with Crippen molar-refractivity contribution in [2.24, 2.45) is 0 Å². The summed E-state index contributed by atoms with van der Waals surface area (Å²) in [6.07, 6.45) is -2.44. The second kappa shape index (κ2) is 7.65. The third kappa shape index (κ3) is 4.35. The van der Waals surface area contributed by atoms with Crippen LogP contribution in [0.15, 0.2) is 35.5 Å². The summed E-state index contributed by atoms with van der Waals surface area (Å²) in [5.41, 5.74) is -1.42. The Labute approximate surface area is 159 Å². The predicted molar refractivity (Wildman–Crippen MR) is 92.7 cm³/mol. The molecular formula is C17H16F3N3O4S. The lowest BCUT2D eigenvalue weighted by molar-refractivity contribution is -0.138. The van der Waals surface area contributed by atoms with Crippen LogP contribution in [-0.4, -0.2) is 42.0 Å². The number of alkyl halides is 3. The first-order valence-electron chi connectivity index (χ1n) is 7.90. The number of nitriles is 1. The molecule has 0 aliphatic heterocycles. The van der Waals surface area contributed by atoms with Gasteiger partial charge in [0.05, 0.1) is 16.0 Å². The topological polar surface area (TPSA) is 103 Å². The van der Waals surface area contributed by atoms with Crippen molar-refractivity contribution in [3.8, 4) is 17.2 Å². The SMILES string of the molecule is CCN(C)S(=O)(=O)c1cc(-c2cn(CC(=O)O)cc2C#N)cc(C(F)(F)F)c1. The zero-order chi connectivity index (χ0) is 21.3. The van der Waals surface area contributed by atoms with Crippen molar-refractivity contribution in [2.45, 2.75) is 24.5 Å². The first-order valence-corrected chi connectivity index (χ1v) is 9.34. The van der Waals surface area contributed by atoms with Crippen molar-refractivity contribution in [3.63, 3.8) is 0 Å². The minimum absolute atomic E-state index is 0.00505. The summed E-state index contributed by atoms with van der Waals surface area (Å²) in [4.78, 5) is 10.3. The number of aromatic nitrogens is 1. The van der Waals surface area contributed by atoms with E-state index in [-0.39, 0.29) is 23.2 Å². The number of rotatable bonds is 6. The van der Waals surface area contributed by atoms with Crippen LogP contribution in [0.4, 0.5) is 13.2 Å². The number of nitrogens with zero attached hydrogens (tertiary/aromatic N) is 3.